The number of anilines is 1. The molecule has 16 heteroatoms. The van der Waals surface area contributed by atoms with Gasteiger partial charge in [-0.15, -0.1) is 0 Å². The molecule has 6 atom stereocenters. The molecule has 5 amide bonds. The smallest absolute Gasteiger partial charge is 0.407 e. The molecular formula is C57H65F2N7O7. The van der Waals surface area contributed by atoms with Gasteiger partial charge in [-0.25, -0.2) is 14.6 Å². The summed E-state index contributed by atoms with van der Waals surface area (Å²) in [6.07, 6.45) is 3.40. The van der Waals surface area contributed by atoms with E-state index in [0.717, 1.165) is 24.0 Å². The molecule has 1 saturated carbocycles. The van der Waals surface area contributed by atoms with Crippen LogP contribution in [-0.4, -0.2) is 93.6 Å². The molecule has 3 heterocycles. The van der Waals surface area contributed by atoms with Crippen molar-refractivity contribution >= 4 is 35.6 Å². The fraction of sp³-hybridized carbons (Fsp3) is 0.439. The largest absolute Gasteiger partial charge is 0.450 e. The average molecular weight is 998 g/mol. The van der Waals surface area contributed by atoms with Crippen LogP contribution in [0.5, 0.6) is 0 Å². The van der Waals surface area contributed by atoms with Crippen LogP contribution in [0.4, 0.5) is 24.1 Å². The number of piperidine rings is 1. The van der Waals surface area contributed by atoms with Crippen LogP contribution in [0, 0.1) is 23.2 Å². The van der Waals surface area contributed by atoms with Gasteiger partial charge >= 0.3 is 12.2 Å². The highest BCUT2D eigenvalue weighted by Gasteiger charge is 2.53. The molecule has 2 bridgehead atoms. The minimum Gasteiger partial charge on any atom is -0.450 e. The number of fused-ring (bicyclic) bond motifs is 5. The minimum absolute atomic E-state index is 0.0311. The third-order valence-electron chi connectivity index (χ3n) is 14.9. The van der Waals surface area contributed by atoms with Crippen LogP contribution in [0.2, 0.25) is 0 Å². The standard InChI is InChI=1S/C57H65F2N7O7/c1-9-72-54(70)63-47(31(3)4)52(68)65-30-56(7,8)28-46(65)50-60-29-45(62-50)37-15-11-13-33(23-37)35-18-21-41-42-22-19-36(27-44(42)57(58,59)43(41)26-35)34-14-12-16-39(24-34)61-51(67)49-38-17-20-40(25-38)66(49)53(69)48(32(5)6)64-55(71)73-10-2/h11-16,18-19,21-24,26-27,29,31-32,38,40,46-49H,9-10,17,20,25,28,30H2,1-8H3,(H,60,62)(H,61,67)(H,63,70)(H,64,71)/t38?,40?,46-,47-,48-,49-/m0/s1. The SMILES string of the molecule is CCOC(=O)N[C@H](C(=O)N1CC(C)(C)C[C@H]1c1nc(-c2cccc(-c3ccc4c(c3)C(F)(F)c3cc(-c5cccc(NC(=O)[C@@H]6C7CCC(C7)N6C(=O)[C@@H](NC(=O)OCC)C(C)C)c5)ccc3-4)c2)c[nH]1)C(C)C. The average Bonchev–Trinajstić information content (AvgIpc) is 4.21. The van der Waals surface area contributed by atoms with E-state index in [1.54, 1.807) is 66.2 Å². The van der Waals surface area contributed by atoms with E-state index in [-0.39, 0.29) is 77.3 Å². The first-order valence-electron chi connectivity index (χ1n) is 25.5. The number of carbonyl (C=O) groups is 5. The number of imidazole rings is 1. The zero-order valence-corrected chi connectivity index (χ0v) is 42.7. The number of aromatic nitrogens is 2. The van der Waals surface area contributed by atoms with Crippen molar-refractivity contribution in [2.24, 2.45) is 23.2 Å². The number of likely N-dealkylation sites (tertiary alicyclic amines) is 2. The Labute approximate surface area is 425 Å². The van der Waals surface area contributed by atoms with Gasteiger partial charge in [0.2, 0.25) is 17.7 Å². The lowest BCUT2D eigenvalue weighted by Crippen LogP contribution is -2.58. The molecule has 1 aromatic heterocycles. The Hall–Kier alpha value is -7.10. The Morgan fingerprint density at radius 1 is 0.740 bits per heavy atom. The van der Waals surface area contributed by atoms with E-state index in [1.807, 2.05) is 70.2 Å². The van der Waals surface area contributed by atoms with E-state index in [9.17, 15) is 24.0 Å². The van der Waals surface area contributed by atoms with Crippen LogP contribution in [0.1, 0.15) is 104 Å². The van der Waals surface area contributed by atoms with Gasteiger partial charge in [0.05, 0.1) is 24.9 Å². The summed E-state index contributed by atoms with van der Waals surface area (Å²) >= 11 is 0. The minimum atomic E-state index is -3.32. The lowest BCUT2D eigenvalue weighted by atomic mass is 9.90. The highest BCUT2D eigenvalue weighted by Crippen LogP contribution is 2.53. The fourth-order valence-corrected chi connectivity index (χ4v) is 11.4. The topological polar surface area (TPSA) is 175 Å². The second-order valence-electron chi connectivity index (χ2n) is 21.4. The number of rotatable bonds is 14. The Kier molecular flexibility index (Phi) is 14.0. The molecule has 5 aromatic rings. The highest BCUT2D eigenvalue weighted by molar-refractivity contribution is 6.00. The first kappa shape index (κ1) is 50.8. The van der Waals surface area contributed by atoms with E-state index >= 15 is 8.78 Å². The number of amides is 5. The summed E-state index contributed by atoms with van der Waals surface area (Å²) in [6.45, 7) is 15.9. The van der Waals surface area contributed by atoms with Crippen molar-refractivity contribution in [2.45, 2.75) is 117 Å². The molecule has 2 saturated heterocycles. The van der Waals surface area contributed by atoms with Crippen LogP contribution in [0.3, 0.4) is 0 Å². The second-order valence-corrected chi connectivity index (χ2v) is 21.4. The molecule has 4 N–H and O–H groups in total. The van der Waals surface area contributed by atoms with Crippen LogP contribution in [-0.2, 0) is 29.8 Å². The van der Waals surface area contributed by atoms with E-state index in [1.165, 1.54) is 6.07 Å². The van der Waals surface area contributed by atoms with Gasteiger partial charge < -0.3 is 40.2 Å². The number of halogens is 2. The number of hydrogen-bond acceptors (Lipinski definition) is 8. The number of hydrogen-bond donors (Lipinski definition) is 4. The molecule has 4 aromatic carbocycles. The zero-order chi connectivity index (χ0) is 52.1. The summed E-state index contributed by atoms with van der Waals surface area (Å²) in [4.78, 5) is 78.7. The number of nitrogens with one attached hydrogen (secondary N) is 4. The zero-order valence-electron chi connectivity index (χ0n) is 42.7. The number of nitrogens with zero attached hydrogens (tertiary/aromatic N) is 3. The maximum Gasteiger partial charge on any atom is 0.407 e. The number of ether oxygens (including phenoxy) is 2. The molecule has 3 fully saturated rings. The Morgan fingerprint density at radius 2 is 1.30 bits per heavy atom. The Balaban J connectivity index is 0.914. The number of benzene rings is 4. The van der Waals surface area contributed by atoms with Crippen molar-refractivity contribution in [3.05, 3.63) is 108 Å². The maximum absolute atomic E-state index is 16.8. The van der Waals surface area contributed by atoms with Crippen LogP contribution in [0.25, 0.3) is 44.6 Å². The molecule has 2 aliphatic carbocycles. The highest BCUT2D eigenvalue weighted by atomic mass is 19.3. The molecule has 0 spiro atoms. The van der Waals surface area contributed by atoms with Gasteiger partial charge in [0.1, 0.15) is 23.9 Å². The number of H-pyrrole nitrogens is 1. The number of aromatic amines is 1. The van der Waals surface area contributed by atoms with E-state index in [0.29, 0.717) is 64.4 Å². The molecular weight excluding hydrogens is 933 g/mol. The second kappa shape index (κ2) is 20.1. The lowest BCUT2D eigenvalue weighted by molar-refractivity contribution is -0.143. The van der Waals surface area contributed by atoms with Crippen molar-refractivity contribution in [2.75, 3.05) is 25.1 Å². The summed E-state index contributed by atoms with van der Waals surface area (Å²) in [6, 6.07) is 22.0. The third-order valence-corrected chi connectivity index (χ3v) is 14.9. The van der Waals surface area contributed by atoms with E-state index < -0.39 is 36.2 Å². The normalized spacial score (nSPS) is 20.9. The number of alkyl carbamates (subject to hydrolysis) is 2. The summed E-state index contributed by atoms with van der Waals surface area (Å²) in [5.41, 5.74) is 4.85. The Bertz CT molecular complexity index is 2950. The van der Waals surface area contributed by atoms with Crippen molar-refractivity contribution in [3.8, 4) is 44.6 Å². The molecule has 2 unspecified atom stereocenters. The summed E-state index contributed by atoms with van der Waals surface area (Å²) in [7, 11) is 0. The van der Waals surface area contributed by atoms with Gasteiger partial charge in [-0.3, -0.25) is 14.4 Å². The first-order valence-corrected chi connectivity index (χ1v) is 25.5. The lowest BCUT2D eigenvalue weighted by Gasteiger charge is -2.37. The predicted octanol–water partition coefficient (Wildman–Crippen LogP) is 10.7. The third kappa shape index (κ3) is 9.92. The van der Waals surface area contributed by atoms with Crippen LogP contribution >= 0.6 is 0 Å². The van der Waals surface area contributed by atoms with Crippen molar-refractivity contribution in [3.63, 3.8) is 0 Å². The van der Waals surface area contributed by atoms with Gasteiger partial charge in [-0.2, -0.15) is 8.78 Å². The first-order chi connectivity index (χ1) is 34.8. The molecule has 2 aliphatic heterocycles. The van der Waals surface area contributed by atoms with E-state index in [2.05, 4.69) is 34.8 Å². The van der Waals surface area contributed by atoms with Crippen molar-refractivity contribution in [1.82, 2.24) is 30.4 Å². The molecule has 9 rings (SSSR count). The number of carbonyl (C=O) groups excluding carboxylic acids is 5. The summed E-state index contributed by atoms with van der Waals surface area (Å²) in [5, 5.41) is 8.47. The molecule has 4 aliphatic rings. The van der Waals surface area contributed by atoms with Gasteiger partial charge in [0.15, 0.2) is 0 Å². The van der Waals surface area contributed by atoms with Gasteiger partial charge in [0, 0.05) is 41.2 Å². The van der Waals surface area contributed by atoms with Gasteiger partial charge in [-0.05, 0) is 126 Å². The Morgan fingerprint density at radius 3 is 1.90 bits per heavy atom. The molecule has 0 radical (unpaired) electrons. The monoisotopic (exact) mass is 997 g/mol. The summed E-state index contributed by atoms with van der Waals surface area (Å²) in [5.74, 6) is -4.02. The number of alkyl halides is 2. The van der Waals surface area contributed by atoms with Crippen molar-refractivity contribution in [1.29, 1.82) is 0 Å². The molecule has 384 valence electrons. The summed E-state index contributed by atoms with van der Waals surface area (Å²) < 4.78 is 43.7. The quantitative estimate of drug-likeness (QED) is 0.0850. The van der Waals surface area contributed by atoms with Crippen molar-refractivity contribution < 1.29 is 42.2 Å². The molecule has 14 nitrogen and oxygen atoms in total. The maximum atomic E-state index is 16.8. The fourth-order valence-electron chi connectivity index (χ4n) is 11.4. The predicted molar refractivity (Wildman–Crippen MR) is 274 cm³/mol. The molecule has 73 heavy (non-hydrogen) atoms. The van der Waals surface area contributed by atoms with Gasteiger partial charge in [0.25, 0.3) is 5.92 Å². The van der Waals surface area contributed by atoms with Gasteiger partial charge in [-0.1, -0.05) is 96.1 Å². The van der Waals surface area contributed by atoms with E-state index in [4.69, 9.17) is 14.5 Å². The van der Waals surface area contributed by atoms with Crippen LogP contribution in [0.15, 0.2) is 91.1 Å². The van der Waals surface area contributed by atoms with Crippen LogP contribution < -0.4 is 16.0 Å².